The van der Waals surface area contributed by atoms with Gasteiger partial charge in [0.1, 0.15) is 5.82 Å². The number of aliphatic hydroxyl groups excluding tert-OH is 1. The van der Waals surface area contributed by atoms with Gasteiger partial charge in [0.25, 0.3) is 0 Å². The number of hydrogen-bond acceptors (Lipinski definition) is 4. The monoisotopic (exact) mass is 255 g/mol. The molecule has 1 aromatic rings. The zero-order valence-corrected chi connectivity index (χ0v) is 11.1. The number of nitrogens with zero attached hydrogens (tertiary/aromatic N) is 2. The fourth-order valence-corrected chi connectivity index (χ4v) is 1.91. The topological polar surface area (TPSA) is 48.4 Å². The van der Waals surface area contributed by atoms with Crippen molar-refractivity contribution in [3.8, 4) is 0 Å². The lowest BCUT2D eigenvalue weighted by Crippen LogP contribution is -2.30. The Hall–Kier alpha value is -1.04. The molecule has 0 saturated carbocycles. The first-order valence-corrected chi connectivity index (χ1v) is 6.33. The average Bonchev–Trinajstić information content (AvgIpc) is 2.40. The molecule has 0 radical (unpaired) electrons. The van der Waals surface area contributed by atoms with E-state index in [-0.39, 0.29) is 18.5 Å². The van der Waals surface area contributed by atoms with E-state index in [9.17, 15) is 4.39 Å². The van der Waals surface area contributed by atoms with Crippen LogP contribution in [0.25, 0.3) is 0 Å². The van der Waals surface area contributed by atoms with Crippen molar-refractivity contribution in [1.29, 1.82) is 0 Å². The van der Waals surface area contributed by atoms with Crippen LogP contribution in [0.3, 0.4) is 0 Å². The second-order valence-electron chi connectivity index (χ2n) is 4.19. The molecule has 0 aromatic carbocycles. The Bertz CT molecular complexity index is 332. The van der Waals surface area contributed by atoms with Crippen molar-refractivity contribution in [3.63, 3.8) is 0 Å². The lowest BCUT2D eigenvalue weighted by molar-refractivity contribution is 0.195. The first kappa shape index (κ1) is 15.0. The molecule has 18 heavy (non-hydrogen) atoms. The molecule has 0 amide bonds. The molecule has 0 aliphatic heterocycles. The van der Waals surface area contributed by atoms with Crippen LogP contribution in [0, 0.1) is 5.82 Å². The summed E-state index contributed by atoms with van der Waals surface area (Å²) in [6, 6.07) is 3.25. The lowest BCUT2D eigenvalue weighted by atomic mass is 10.1. The molecule has 0 saturated heterocycles. The van der Waals surface area contributed by atoms with E-state index in [1.54, 1.807) is 6.07 Å². The third-order valence-electron chi connectivity index (χ3n) is 3.05. The number of aliphatic hydroxyl groups is 1. The Morgan fingerprint density at radius 3 is 2.72 bits per heavy atom. The van der Waals surface area contributed by atoms with Crippen LogP contribution in [-0.4, -0.2) is 48.3 Å². The maximum Gasteiger partial charge on any atom is 0.141 e. The average molecular weight is 255 g/mol. The summed E-state index contributed by atoms with van der Waals surface area (Å²) in [5.74, 6) is -0.316. The molecule has 0 spiro atoms. The first-order valence-electron chi connectivity index (χ1n) is 6.33. The predicted molar refractivity (Wildman–Crippen MR) is 69.8 cm³/mol. The fourth-order valence-electron chi connectivity index (χ4n) is 1.91. The Balaban J connectivity index is 2.53. The Kier molecular flexibility index (Phi) is 6.78. The Morgan fingerprint density at radius 1 is 1.44 bits per heavy atom. The summed E-state index contributed by atoms with van der Waals surface area (Å²) in [6.45, 7) is 4.71. The molecule has 2 N–H and O–H groups in total. The van der Waals surface area contributed by atoms with Gasteiger partial charge in [-0.3, -0.25) is 4.98 Å². The molecule has 1 unspecified atom stereocenters. The van der Waals surface area contributed by atoms with Gasteiger partial charge in [0, 0.05) is 13.1 Å². The van der Waals surface area contributed by atoms with E-state index in [0.717, 1.165) is 25.2 Å². The molecular formula is C13H22FN3O. The number of hydrogen-bond donors (Lipinski definition) is 2. The summed E-state index contributed by atoms with van der Waals surface area (Å²) < 4.78 is 12.8. The van der Waals surface area contributed by atoms with E-state index in [2.05, 4.69) is 22.1 Å². The second-order valence-corrected chi connectivity index (χ2v) is 4.19. The van der Waals surface area contributed by atoms with E-state index >= 15 is 0 Å². The summed E-state index contributed by atoms with van der Waals surface area (Å²) in [5.41, 5.74) is 0.846. The molecule has 102 valence electrons. The maximum atomic E-state index is 12.8. The molecular weight excluding hydrogens is 233 g/mol. The van der Waals surface area contributed by atoms with Crippen LogP contribution in [0.4, 0.5) is 4.39 Å². The molecule has 1 heterocycles. The molecule has 1 rings (SSSR count). The molecule has 0 aliphatic rings. The standard InChI is InChI=1S/C13H22FN3O/c1-3-17(8-9-18)7-6-12(15-2)13-5-4-11(14)10-16-13/h4-5,10,12,15,18H,3,6-9H2,1-2H3. The van der Waals surface area contributed by atoms with Crippen molar-refractivity contribution >= 4 is 0 Å². The minimum atomic E-state index is -0.316. The summed E-state index contributed by atoms with van der Waals surface area (Å²) in [5, 5.41) is 12.1. The molecule has 4 nitrogen and oxygen atoms in total. The highest BCUT2D eigenvalue weighted by atomic mass is 19.1. The second kappa shape index (κ2) is 8.13. The summed E-state index contributed by atoms with van der Waals surface area (Å²) >= 11 is 0. The van der Waals surface area contributed by atoms with Crippen LogP contribution < -0.4 is 5.32 Å². The largest absolute Gasteiger partial charge is 0.395 e. The van der Waals surface area contributed by atoms with Crippen LogP contribution in [0.2, 0.25) is 0 Å². The fraction of sp³-hybridized carbons (Fsp3) is 0.615. The van der Waals surface area contributed by atoms with Crippen molar-refractivity contribution in [1.82, 2.24) is 15.2 Å². The van der Waals surface area contributed by atoms with Crippen molar-refractivity contribution < 1.29 is 9.50 Å². The number of aromatic nitrogens is 1. The number of rotatable bonds is 8. The third-order valence-corrected chi connectivity index (χ3v) is 3.05. The SMILES string of the molecule is CCN(CCO)CCC(NC)c1ccc(F)cn1. The van der Waals surface area contributed by atoms with Crippen molar-refractivity contribution in [3.05, 3.63) is 29.8 Å². The molecule has 1 aromatic heterocycles. The van der Waals surface area contributed by atoms with Crippen molar-refractivity contribution in [2.45, 2.75) is 19.4 Å². The van der Waals surface area contributed by atoms with E-state index < -0.39 is 0 Å². The van der Waals surface area contributed by atoms with E-state index in [4.69, 9.17) is 5.11 Å². The van der Waals surface area contributed by atoms with Crippen molar-refractivity contribution in [2.75, 3.05) is 33.3 Å². The van der Waals surface area contributed by atoms with Gasteiger partial charge in [-0.25, -0.2) is 4.39 Å². The van der Waals surface area contributed by atoms with Gasteiger partial charge in [-0.05, 0) is 32.1 Å². The normalized spacial score (nSPS) is 12.9. The van der Waals surface area contributed by atoms with Gasteiger partial charge in [0.15, 0.2) is 0 Å². The zero-order chi connectivity index (χ0) is 13.4. The number of likely N-dealkylation sites (N-methyl/N-ethyl adjacent to an activating group) is 1. The minimum Gasteiger partial charge on any atom is -0.395 e. The first-order chi connectivity index (χ1) is 8.71. The van der Waals surface area contributed by atoms with E-state index in [1.807, 2.05) is 7.05 Å². The quantitative estimate of drug-likeness (QED) is 0.732. The lowest BCUT2D eigenvalue weighted by Gasteiger charge is -2.22. The molecule has 5 heteroatoms. The van der Waals surface area contributed by atoms with Crippen LogP contribution >= 0.6 is 0 Å². The van der Waals surface area contributed by atoms with Crippen LogP contribution in [0.15, 0.2) is 18.3 Å². The van der Waals surface area contributed by atoms with Gasteiger partial charge in [0.05, 0.1) is 24.5 Å². The Morgan fingerprint density at radius 2 is 2.22 bits per heavy atom. The van der Waals surface area contributed by atoms with Gasteiger partial charge in [-0.15, -0.1) is 0 Å². The Labute approximate surface area is 108 Å². The van der Waals surface area contributed by atoms with Crippen LogP contribution in [0.1, 0.15) is 25.1 Å². The molecule has 1 atom stereocenters. The van der Waals surface area contributed by atoms with Crippen molar-refractivity contribution in [2.24, 2.45) is 0 Å². The summed E-state index contributed by atoms with van der Waals surface area (Å²) in [7, 11) is 1.87. The summed E-state index contributed by atoms with van der Waals surface area (Å²) in [6.07, 6.45) is 2.12. The predicted octanol–water partition coefficient (Wildman–Crippen LogP) is 1.19. The smallest absolute Gasteiger partial charge is 0.141 e. The number of halogens is 1. The minimum absolute atomic E-state index is 0.110. The number of nitrogens with one attached hydrogen (secondary N) is 1. The maximum absolute atomic E-state index is 12.8. The van der Waals surface area contributed by atoms with E-state index in [1.165, 1.54) is 12.3 Å². The van der Waals surface area contributed by atoms with Gasteiger partial charge in [-0.1, -0.05) is 6.92 Å². The van der Waals surface area contributed by atoms with E-state index in [0.29, 0.717) is 6.54 Å². The highest BCUT2D eigenvalue weighted by Crippen LogP contribution is 2.14. The zero-order valence-electron chi connectivity index (χ0n) is 11.1. The molecule has 0 bridgehead atoms. The molecule has 0 fully saturated rings. The summed E-state index contributed by atoms with van der Waals surface area (Å²) in [4.78, 5) is 6.27. The van der Waals surface area contributed by atoms with Gasteiger partial charge in [-0.2, -0.15) is 0 Å². The highest BCUT2D eigenvalue weighted by Gasteiger charge is 2.12. The van der Waals surface area contributed by atoms with Gasteiger partial charge >= 0.3 is 0 Å². The van der Waals surface area contributed by atoms with Crippen LogP contribution in [0.5, 0.6) is 0 Å². The van der Waals surface area contributed by atoms with Gasteiger partial charge in [0.2, 0.25) is 0 Å². The van der Waals surface area contributed by atoms with Crippen LogP contribution in [-0.2, 0) is 0 Å². The molecule has 0 aliphatic carbocycles. The highest BCUT2D eigenvalue weighted by molar-refractivity contribution is 5.09. The number of pyridine rings is 1. The third kappa shape index (κ3) is 4.68. The van der Waals surface area contributed by atoms with Gasteiger partial charge < -0.3 is 15.3 Å².